The molecule has 2 rings (SSSR count). The number of benzene rings is 2. The van der Waals surface area contributed by atoms with E-state index in [1.807, 2.05) is 19.9 Å². The number of methoxy groups -OCH3 is 1. The SMILES string of the molecule is COc1cc(CSc2cccc(F)c2)c(C(=O)O)c(O)c1CC=C(C)C. The van der Waals surface area contributed by atoms with Crippen molar-refractivity contribution in [2.24, 2.45) is 0 Å². The van der Waals surface area contributed by atoms with Crippen molar-refractivity contribution in [2.75, 3.05) is 7.11 Å². The molecular formula is C20H21FO4S. The molecule has 0 fully saturated rings. The van der Waals surface area contributed by atoms with Crippen molar-refractivity contribution >= 4 is 17.7 Å². The summed E-state index contributed by atoms with van der Waals surface area (Å²) in [5.74, 6) is -1.16. The van der Waals surface area contributed by atoms with Crippen LogP contribution in [0.15, 0.2) is 46.9 Å². The van der Waals surface area contributed by atoms with Crippen LogP contribution in [0.4, 0.5) is 4.39 Å². The van der Waals surface area contributed by atoms with E-state index in [2.05, 4.69) is 0 Å². The second-order valence-electron chi connectivity index (χ2n) is 5.98. The maximum Gasteiger partial charge on any atom is 0.339 e. The third kappa shape index (κ3) is 4.79. The first kappa shape index (κ1) is 19.8. The quantitative estimate of drug-likeness (QED) is 0.523. The maximum absolute atomic E-state index is 13.3. The number of carbonyl (C=O) groups is 1. The first-order valence-corrected chi connectivity index (χ1v) is 8.98. The van der Waals surface area contributed by atoms with Gasteiger partial charge in [0, 0.05) is 16.2 Å². The summed E-state index contributed by atoms with van der Waals surface area (Å²) in [6, 6.07) is 7.69. The van der Waals surface area contributed by atoms with E-state index in [0.717, 1.165) is 5.57 Å². The van der Waals surface area contributed by atoms with Crippen molar-refractivity contribution in [1.29, 1.82) is 0 Å². The molecule has 2 aromatic carbocycles. The zero-order valence-electron chi connectivity index (χ0n) is 14.9. The Morgan fingerprint density at radius 2 is 2.04 bits per heavy atom. The number of allylic oxidation sites excluding steroid dienone is 2. The Bertz CT molecular complexity index is 842. The lowest BCUT2D eigenvalue weighted by molar-refractivity contribution is 0.0692. The van der Waals surface area contributed by atoms with E-state index >= 15 is 0 Å². The molecule has 0 spiro atoms. The fourth-order valence-electron chi connectivity index (χ4n) is 2.49. The van der Waals surface area contributed by atoms with Crippen LogP contribution in [-0.4, -0.2) is 23.3 Å². The third-order valence-electron chi connectivity index (χ3n) is 3.79. The molecule has 2 aromatic rings. The summed E-state index contributed by atoms with van der Waals surface area (Å²) in [7, 11) is 1.48. The molecule has 0 bridgehead atoms. The van der Waals surface area contributed by atoms with E-state index in [-0.39, 0.29) is 22.9 Å². The van der Waals surface area contributed by atoms with Crippen LogP contribution in [0.5, 0.6) is 11.5 Å². The number of aromatic carboxylic acids is 1. The molecule has 0 heterocycles. The van der Waals surface area contributed by atoms with Crippen molar-refractivity contribution < 1.29 is 24.1 Å². The van der Waals surface area contributed by atoms with Gasteiger partial charge in [-0.2, -0.15) is 0 Å². The second-order valence-corrected chi connectivity index (χ2v) is 7.03. The highest BCUT2D eigenvalue weighted by Crippen LogP contribution is 2.37. The predicted molar refractivity (Wildman–Crippen MR) is 101 cm³/mol. The zero-order valence-corrected chi connectivity index (χ0v) is 15.7. The van der Waals surface area contributed by atoms with Gasteiger partial charge in [-0.25, -0.2) is 9.18 Å². The van der Waals surface area contributed by atoms with Gasteiger partial charge in [-0.3, -0.25) is 0 Å². The first-order chi connectivity index (χ1) is 12.3. The summed E-state index contributed by atoms with van der Waals surface area (Å²) in [5.41, 5.74) is 1.76. The van der Waals surface area contributed by atoms with Crippen LogP contribution in [0.25, 0.3) is 0 Å². The van der Waals surface area contributed by atoms with E-state index < -0.39 is 5.97 Å². The number of phenols is 1. The number of carboxylic acids is 1. The van der Waals surface area contributed by atoms with Crippen LogP contribution in [0.2, 0.25) is 0 Å². The molecule has 0 aliphatic carbocycles. The molecule has 0 aliphatic heterocycles. The molecule has 138 valence electrons. The lowest BCUT2D eigenvalue weighted by atomic mass is 9.99. The Morgan fingerprint density at radius 1 is 1.31 bits per heavy atom. The molecule has 0 saturated heterocycles. The van der Waals surface area contributed by atoms with Crippen molar-refractivity contribution in [3.8, 4) is 11.5 Å². The number of halogens is 1. The fourth-order valence-corrected chi connectivity index (χ4v) is 3.41. The Kier molecular flexibility index (Phi) is 6.69. The van der Waals surface area contributed by atoms with Gasteiger partial charge in [-0.05, 0) is 50.1 Å². The Labute approximate surface area is 156 Å². The van der Waals surface area contributed by atoms with Crippen LogP contribution in [-0.2, 0) is 12.2 Å². The van der Waals surface area contributed by atoms with Crippen LogP contribution in [0, 0.1) is 5.82 Å². The first-order valence-electron chi connectivity index (χ1n) is 8.00. The predicted octanol–water partition coefficient (Wildman–Crippen LogP) is 5.04. The number of thioether (sulfide) groups is 1. The minimum absolute atomic E-state index is 0.146. The smallest absolute Gasteiger partial charge is 0.339 e. The molecule has 0 aliphatic rings. The molecule has 0 unspecified atom stereocenters. The van der Waals surface area contributed by atoms with E-state index in [1.54, 1.807) is 18.2 Å². The van der Waals surface area contributed by atoms with Gasteiger partial charge >= 0.3 is 5.97 Å². The van der Waals surface area contributed by atoms with Gasteiger partial charge in [-0.1, -0.05) is 17.7 Å². The highest BCUT2D eigenvalue weighted by atomic mass is 32.2. The molecule has 0 aromatic heterocycles. The number of hydrogen-bond donors (Lipinski definition) is 2. The van der Waals surface area contributed by atoms with Crippen LogP contribution < -0.4 is 4.74 Å². The van der Waals surface area contributed by atoms with Gasteiger partial charge in [0.05, 0.1) is 7.11 Å². The van der Waals surface area contributed by atoms with E-state index in [4.69, 9.17) is 4.74 Å². The molecule has 4 nitrogen and oxygen atoms in total. The molecular weight excluding hydrogens is 355 g/mol. The van der Waals surface area contributed by atoms with Crippen molar-refractivity contribution in [3.63, 3.8) is 0 Å². The normalized spacial score (nSPS) is 10.5. The number of hydrogen-bond acceptors (Lipinski definition) is 4. The number of ether oxygens (including phenoxy) is 1. The lowest BCUT2D eigenvalue weighted by Gasteiger charge is -2.16. The molecule has 0 atom stereocenters. The maximum atomic E-state index is 13.3. The average Bonchev–Trinajstić information content (AvgIpc) is 2.57. The van der Waals surface area contributed by atoms with Crippen molar-refractivity contribution in [1.82, 2.24) is 0 Å². The number of rotatable bonds is 7. The van der Waals surface area contributed by atoms with Crippen LogP contribution in [0.3, 0.4) is 0 Å². The summed E-state index contributed by atoms with van der Waals surface area (Å²) in [6.07, 6.45) is 2.26. The summed E-state index contributed by atoms with van der Waals surface area (Å²) in [5, 5.41) is 20.1. The summed E-state index contributed by atoms with van der Waals surface area (Å²) >= 11 is 1.29. The van der Waals surface area contributed by atoms with Gasteiger partial charge in [0.2, 0.25) is 0 Å². The highest BCUT2D eigenvalue weighted by molar-refractivity contribution is 7.98. The van der Waals surface area contributed by atoms with E-state index in [1.165, 1.54) is 31.0 Å². The third-order valence-corrected chi connectivity index (χ3v) is 4.83. The fraction of sp³-hybridized carbons (Fsp3) is 0.250. The Balaban J connectivity index is 2.43. The van der Waals surface area contributed by atoms with Gasteiger partial charge < -0.3 is 14.9 Å². The average molecular weight is 376 g/mol. The zero-order chi connectivity index (χ0) is 19.3. The molecule has 2 N–H and O–H groups in total. The highest BCUT2D eigenvalue weighted by Gasteiger charge is 2.22. The number of carboxylic acid groups (broad SMARTS) is 1. The topological polar surface area (TPSA) is 66.8 Å². The molecule has 0 amide bonds. The molecule has 6 heteroatoms. The molecule has 26 heavy (non-hydrogen) atoms. The monoisotopic (exact) mass is 376 g/mol. The number of aromatic hydroxyl groups is 1. The second kappa shape index (κ2) is 8.76. The minimum atomic E-state index is -1.21. The van der Waals surface area contributed by atoms with E-state index in [0.29, 0.717) is 28.2 Å². The van der Waals surface area contributed by atoms with Crippen molar-refractivity contribution in [2.45, 2.75) is 30.9 Å². The summed E-state index contributed by atoms with van der Waals surface area (Å²) in [4.78, 5) is 12.4. The van der Waals surface area contributed by atoms with Gasteiger partial charge in [-0.15, -0.1) is 11.8 Å². The summed E-state index contributed by atoms with van der Waals surface area (Å²) in [6.45, 7) is 3.84. The lowest BCUT2D eigenvalue weighted by Crippen LogP contribution is -2.06. The Hall–Kier alpha value is -2.47. The standard InChI is InChI=1S/C20H21FO4S/c1-12(2)7-8-16-17(25-3)9-13(18(19(16)22)20(23)24)11-26-15-6-4-5-14(21)10-15/h4-7,9-10,22H,8,11H2,1-3H3,(H,23,24). The molecule has 0 radical (unpaired) electrons. The van der Waals surface area contributed by atoms with Gasteiger partial charge in [0.1, 0.15) is 22.9 Å². The van der Waals surface area contributed by atoms with E-state index in [9.17, 15) is 19.4 Å². The minimum Gasteiger partial charge on any atom is -0.507 e. The van der Waals surface area contributed by atoms with Crippen LogP contribution in [0.1, 0.15) is 35.3 Å². The summed E-state index contributed by atoms with van der Waals surface area (Å²) < 4.78 is 18.7. The molecule has 0 saturated carbocycles. The van der Waals surface area contributed by atoms with Crippen LogP contribution >= 0.6 is 11.8 Å². The largest absolute Gasteiger partial charge is 0.507 e. The van der Waals surface area contributed by atoms with Crippen molar-refractivity contribution in [3.05, 3.63) is 64.5 Å². The van der Waals surface area contributed by atoms with Gasteiger partial charge in [0.25, 0.3) is 0 Å². The Morgan fingerprint density at radius 3 is 2.62 bits per heavy atom. The van der Waals surface area contributed by atoms with Gasteiger partial charge in [0.15, 0.2) is 0 Å².